The van der Waals surface area contributed by atoms with Gasteiger partial charge in [0.05, 0.1) is 19.3 Å². The lowest BCUT2D eigenvalue weighted by Gasteiger charge is -2.24. The van der Waals surface area contributed by atoms with Crippen molar-refractivity contribution < 1.29 is 28.2 Å². The van der Waals surface area contributed by atoms with Crippen molar-refractivity contribution >= 4 is 23.7 Å². The van der Waals surface area contributed by atoms with Gasteiger partial charge in [-0.15, -0.1) is 0 Å². The van der Waals surface area contributed by atoms with Gasteiger partial charge in [0.25, 0.3) is 0 Å². The monoisotopic (exact) mass is 401 g/mol. The van der Waals surface area contributed by atoms with E-state index in [1.807, 2.05) is 0 Å². The maximum Gasteiger partial charge on any atom is 0.416 e. The number of aromatic nitrogens is 1. The number of amides is 2. The Morgan fingerprint density at radius 2 is 2.10 bits per heavy atom. The molecule has 1 aromatic carbocycles. The summed E-state index contributed by atoms with van der Waals surface area (Å²) in [6.07, 6.45) is 0.00708. The number of likely N-dealkylation sites (N-methyl/N-ethyl adjacent to an activating group) is 1. The molecule has 0 N–H and O–H groups in total. The summed E-state index contributed by atoms with van der Waals surface area (Å²) in [6, 6.07) is 7.28. The van der Waals surface area contributed by atoms with E-state index in [-0.39, 0.29) is 23.7 Å². The summed E-state index contributed by atoms with van der Waals surface area (Å²) >= 11 is 0. The highest BCUT2D eigenvalue weighted by atomic mass is 19.1. The van der Waals surface area contributed by atoms with E-state index in [0.717, 1.165) is 0 Å². The van der Waals surface area contributed by atoms with Crippen LogP contribution in [-0.2, 0) is 14.3 Å². The molecule has 1 fully saturated rings. The molecule has 1 aliphatic rings. The Balaban J connectivity index is 1.86. The number of rotatable bonds is 5. The fraction of sp³-hybridized carbons (Fsp3) is 0.300. The molecule has 0 unspecified atom stereocenters. The molecule has 8 nitrogen and oxygen atoms in total. The van der Waals surface area contributed by atoms with Gasteiger partial charge in [-0.3, -0.25) is 9.69 Å². The van der Waals surface area contributed by atoms with Crippen LogP contribution in [0.1, 0.15) is 24.3 Å². The minimum Gasteiger partial charge on any atom is -0.464 e. The van der Waals surface area contributed by atoms with E-state index < -0.39 is 24.1 Å². The van der Waals surface area contributed by atoms with Gasteiger partial charge >= 0.3 is 12.1 Å². The van der Waals surface area contributed by atoms with E-state index in [0.29, 0.717) is 17.8 Å². The molecule has 1 atom stereocenters. The lowest BCUT2D eigenvalue weighted by Crippen LogP contribution is -2.41. The molecular formula is C20H20FN3O5. The zero-order valence-electron chi connectivity index (χ0n) is 16.2. The zero-order chi connectivity index (χ0) is 21.1. The number of halogens is 1. The molecule has 29 heavy (non-hydrogen) atoms. The third kappa shape index (κ3) is 4.03. The van der Waals surface area contributed by atoms with Crippen LogP contribution in [0.5, 0.6) is 0 Å². The van der Waals surface area contributed by atoms with Crippen molar-refractivity contribution in [2.75, 3.05) is 25.1 Å². The molecule has 0 bridgehead atoms. The number of carbonyl (C=O) groups is 3. The molecule has 0 radical (unpaired) electrons. The van der Waals surface area contributed by atoms with E-state index in [1.165, 1.54) is 48.2 Å². The number of esters is 1. The van der Waals surface area contributed by atoms with Gasteiger partial charge in [0, 0.05) is 25.2 Å². The van der Waals surface area contributed by atoms with Crippen LogP contribution in [0.4, 0.5) is 14.9 Å². The summed E-state index contributed by atoms with van der Waals surface area (Å²) in [5, 5.41) is 0. The summed E-state index contributed by atoms with van der Waals surface area (Å²) in [5.74, 6) is -1.42. The SMILES string of the molecule is CCN(C(C)=O)[C@@H]1CN(c2ccc(-c3ccnc(C(=O)OC)c3)c(F)c2)C(=O)O1. The quantitative estimate of drug-likeness (QED) is 0.716. The number of hydrogen-bond donors (Lipinski definition) is 0. The molecule has 1 aliphatic heterocycles. The fourth-order valence-corrected chi connectivity index (χ4v) is 3.17. The summed E-state index contributed by atoms with van der Waals surface area (Å²) < 4.78 is 24.7. The Labute approximate surface area is 166 Å². The van der Waals surface area contributed by atoms with Crippen LogP contribution in [0, 0.1) is 5.82 Å². The van der Waals surface area contributed by atoms with Crippen LogP contribution < -0.4 is 4.90 Å². The minimum absolute atomic E-state index is 0.0586. The Kier molecular flexibility index (Phi) is 5.76. The molecule has 0 spiro atoms. The molecule has 152 valence electrons. The average molecular weight is 401 g/mol. The lowest BCUT2D eigenvalue weighted by molar-refractivity contribution is -0.136. The van der Waals surface area contributed by atoms with Crippen molar-refractivity contribution in [2.45, 2.75) is 20.1 Å². The Bertz CT molecular complexity index is 965. The Hall–Kier alpha value is -3.49. The number of ether oxygens (including phenoxy) is 2. The van der Waals surface area contributed by atoms with Crippen LogP contribution in [0.15, 0.2) is 36.5 Å². The first kappa shape index (κ1) is 20.2. The van der Waals surface area contributed by atoms with Crippen LogP contribution in [0.2, 0.25) is 0 Å². The molecular weight excluding hydrogens is 381 g/mol. The Morgan fingerprint density at radius 1 is 1.34 bits per heavy atom. The Morgan fingerprint density at radius 3 is 2.72 bits per heavy atom. The molecule has 0 aliphatic carbocycles. The van der Waals surface area contributed by atoms with Crippen molar-refractivity contribution in [1.29, 1.82) is 0 Å². The summed E-state index contributed by atoms with van der Waals surface area (Å²) in [6.45, 7) is 3.67. The third-order valence-electron chi connectivity index (χ3n) is 4.62. The van der Waals surface area contributed by atoms with Crippen molar-refractivity contribution in [3.8, 4) is 11.1 Å². The van der Waals surface area contributed by atoms with Crippen molar-refractivity contribution in [3.05, 3.63) is 48.0 Å². The van der Waals surface area contributed by atoms with Crippen LogP contribution >= 0.6 is 0 Å². The molecule has 3 rings (SSSR count). The maximum absolute atomic E-state index is 14.8. The first-order valence-corrected chi connectivity index (χ1v) is 8.95. The predicted molar refractivity (Wildman–Crippen MR) is 102 cm³/mol. The van der Waals surface area contributed by atoms with Crippen LogP contribution in [-0.4, -0.2) is 54.3 Å². The van der Waals surface area contributed by atoms with E-state index in [1.54, 1.807) is 19.1 Å². The average Bonchev–Trinajstić information content (AvgIpc) is 3.08. The standard InChI is InChI=1S/C20H20FN3O5/c1-4-23(12(2)25)18-11-24(20(27)29-18)14-5-6-15(16(21)10-14)13-7-8-22-17(9-13)19(26)28-3/h5-10,18H,4,11H2,1-3H3/t18-/m0/s1. The first-order valence-electron chi connectivity index (χ1n) is 8.95. The highest BCUT2D eigenvalue weighted by molar-refractivity contribution is 5.91. The minimum atomic E-state index is -0.726. The van der Waals surface area contributed by atoms with E-state index in [9.17, 15) is 18.8 Å². The predicted octanol–water partition coefficient (Wildman–Crippen LogP) is 2.83. The smallest absolute Gasteiger partial charge is 0.416 e. The second-order valence-corrected chi connectivity index (χ2v) is 6.34. The van der Waals surface area contributed by atoms with E-state index >= 15 is 0 Å². The molecule has 2 heterocycles. The number of cyclic esters (lactones) is 1. The highest BCUT2D eigenvalue weighted by Crippen LogP contribution is 2.30. The summed E-state index contributed by atoms with van der Waals surface area (Å²) in [5.41, 5.74) is 1.05. The molecule has 2 amide bonds. The normalized spacial score (nSPS) is 15.8. The van der Waals surface area contributed by atoms with Crippen molar-refractivity contribution in [3.63, 3.8) is 0 Å². The number of methoxy groups -OCH3 is 1. The number of anilines is 1. The van der Waals surface area contributed by atoms with Gasteiger partial charge in [-0.1, -0.05) is 0 Å². The van der Waals surface area contributed by atoms with Crippen LogP contribution in [0.3, 0.4) is 0 Å². The van der Waals surface area contributed by atoms with Gasteiger partial charge in [-0.2, -0.15) is 0 Å². The van der Waals surface area contributed by atoms with Gasteiger partial charge in [0.15, 0.2) is 6.23 Å². The third-order valence-corrected chi connectivity index (χ3v) is 4.62. The van der Waals surface area contributed by atoms with Gasteiger partial charge < -0.3 is 14.4 Å². The maximum atomic E-state index is 14.8. The topological polar surface area (TPSA) is 89.0 Å². The first-order chi connectivity index (χ1) is 13.8. The van der Waals surface area contributed by atoms with Gasteiger partial charge in [-0.25, -0.2) is 19.0 Å². The molecule has 0 saturated carbocycles. The van der Waals surface area contributed by atoms with Crippen LogP contribution in [0.25, 0.3) is 11.1 Å². The molecule has 1 aromatic heterocycles. The summed E-state index contributed by atoms with van der Waals surface area (Å²) in [7, 11) is 1.24. The van der Waals surface area contributed by atoms with Gasteiger partial charge in [0.1, 0.15) is 11.5 Å². The second-order valence-electron chi connectivity index (χ2n) is 6.34. The molecule has 1 saturated heterocycles. The van der Waals surface area contributed by atoms with Crippen molar-refractivity contribution in [2.24, 2.45) is 0 Å². The number of nitrogens with zero attached hydrogens (tertiary/aromatic N) is 3. The van der Waals surface area contributed by atoms with Crippen molar-refractivity contribution in [1.82, 2.24) is 9.88 Å². The number of carbonyl (C=O) groups excluding carboxylic acids is 3. The lowest BCUT2D eigenvalue weighted by atomic mass is 10.0. The number of pyridine rings is 1. The largest absolute Gasteiger partial charge is 0.464 e. The van der Waals surface area contributed by atoms with Gasteiger partial charge in [0.2, 0.25) is 5.91 Å². The van der Waals surface area contributed by atoms with E-state index in [4.69, 9.17) is 4.74 Å². The molecule has 2 aromatic rings. The second kappa shape index (κ2) is 8.26. The summed E-state index contributed by atoms with van der Waals surface area (Å²) in [4.78, 5) is 42.2. The molecule has 9 heteroatoms. The van der Waals surface area contributed by atoms with E-state index in [2.05, 4.69) is 9.72 Å². The zero-order valence-corrected chi connectivity index (χ0v) is 16.2. The number of benzene rings is 1. The number of hydrogen-bond acceptors (Lipinski definition) is 6. The fourth-order valence-electron chi connectivity index (χ4n) is 3.17. The van der Waals surface area contributed by atoms with Gasteiger partial charge in [-0.05, 0) is 42.8 Å². The highest BCUT2D eigenvalue weighted by Gasteiger charge is 2.37.